The zero-order chi connectivity index (χ0) is 10.6. The molecule has 0 unspecified atom stereocenters. The summed E-state index contributed by atoms with van der Waals surface area (Å²) >= 11 is -0.808. The van der Waals surface area contributed by atoms with E-state index in [1.54, 1.807) is 0 Å². The van der Waals surface area contributed by atoms with E-state index in [-0.39, 0.29) is 11.4 Å². The van der Waals surface area contributed by atoms with E-state index in [4.69, 9.17) is 3.07 Å². The minimum absolute atomic E-state index is 0.108. The summed E-state index contributed by atoms with van der Waals surface area (Å²) in [6.45, 7) is 5.61. The van der Waals surface area contributed by atoms with Gasteiger partial charge in [-0.05, 0) is 0 Å². The summed E-state index contributed by atoms with van der Waals surface area (Å²) in [5.74, 6) is -0.108. The van der Waals surface area contributed by atoms with Gasteiger partial charge in [0.25, 0.3) is 0 Å². The Morgan fingerprint density at radius 2 is 1.79 bits per heavy atom. The summed E-state index contributed by atoms with van der Waals surface area (Å²) in [7, 11) is 0. The summed E-state index contributed by atoms with van der Waals surface area (Å²) in [6, 6.07) is 9.88. The molecule has 14 heavy (non-hydrogen) atoms. The van der Waals surface area contributed by atoms with Crippen molar-refractivity contribution in [3.63, 3.8) is 0 Å². The van der Waals surface area contributed by atoms with Crippen LogP contribution in [-0.2, 0) is 7.86 Å². The first-order valence-corrected chi connectivity index (χ1v) is 6.56. The molecule has 0 saturated carbocycles. The van der Waals surface area contributed by atoms with Crippen molar-refractivity contribution in [2.75, 3.05) is 0 Å². The third-order valence-corrected chi connectivity index (χ3v) is 3.57. The van der Waals surface area contributed by atoms with Gasteiger partial charge in [0.15, 0.2) is 0 Å². The molecule has 0 spiro atoms. The van der Waals surface area contributed by atoms with Crippen LogP contribution in [0.25, 0.3) is 0 Å². The molecule has 1 aromatic rings. The third kappa shape index (κ3) is 3.65. The van der Waals surface area contributed by atoms with Gasteiger partial charge in [-0.3, -0.25) is 0 Å². The average molecular weight is 306 g/mol. The van der Waals surface area contributed by atoms with Gasteiger partial charge in [0.2, 0.25) is 0 Å². The van der Waals surface area contributed by atoms with E-state index >= 15 is 0 Å². The van der Waals surface area contributed by atoms with Crippen LogP contribution < -0.4 is 0 Å². The van der Waals surface area contributed by atoms with Crippen LogP contribution in [0.2, 0.25) is 0 Å². The quantitative estimate of drug-likeness (QED) is 0.785. The van der Waals surface area contributed by atoms with E-state index in [0.717, 1.165) is 3.57 Å². The first-order chi connectivity index (χ1) is 6.50. The van der Waals surface area contributed by atoms with E-state index in [1.165, 1.54) is 0 Å². The monoisotopic (exact) mass is 306 g/mol. The van der Waals surface area contributed by atoms with Crippen molar-refractivity contribution in [1.29, 1.82) is 0 Å². The summed E-state index contributed by atoms with van der Waals surface area (Å²) in [4.78, 5) is 11.4. The van der Waals surface area contributed by atoms with Crippen molar-refractivity contribution in [2.45, 2.75) is 20.8 Å². The van der Waals surface area contributed by atoms with Gasteiger partial charge in [0.05, 0.1) is 0 Å². The Kier molecular flexibility index (Phi) is 3.92. The molecule has 1 rings (SSSR count). The molecule has 2 nitrogen and oxygen atoms in total. The van der Waals surface area contributed by atoms with Gasteiger partial charge in [-0.25, -0.2) is 0 Å². The molecule has 0 bridgehead atoms. The predicted octanol–water partition coefficient (Wildman–Crippen LogP) is 3.06. The standard InChI is InChI=1S/C11H15IO2/c1-11(2,3)10(13)14-12-9-7-5-4-6-8-9/h4-8,12H,1-3H3. The minimum atomic E-state index is -0.808. The predicted molar refractivity (Wildman–Crippen MR) is 66.1 cm³/mol. The van der Waals surface area contributed by atoms with Gasteiger partial charge in [-0.15, -0.1) is 0 Å². The molecule has 0 aliphatic heterocycles. The van der Waals surface area contributed by atoms with Crippen LogP contribution in [0.1, 0.15) is 20.8 Å². The van der Waals surface area contributed by atoms with Crippen molar-refractivity contribution >= 4 is 27.6 Å². The zero-order valence-corrected chi connectivity index (χ0v) is 10.9. The van der Waals surface area contributed by atoms with Gasteiger partial charge < -0.3 is 0 Å². The molecule has 0 heterocycles. The molecule has 0 saturated heterocycles. The van der Waals surface area contributed by atoms with Gasteiger partial charge in [0.1, 0.15) is 0 Å². The Morgan fingerprint density at radius 3 is 2.29 bits per heavy atom. The van der Waals surface area contributed by atoms with E-state index in [0.29, 0.717) is 0 Å². The number of benzene rings is 1. The average Bonchev–Trinajstić information content (AvgIpc) is 2.14. The van der Waals surface area contributed by atoms with Crippen LogP contribution in [-0.4, -0.2) is 5.97 Å². The van der Waals surface area contributed by atoms with Crippen LogP contribution >= 0.6 is 21.6 Å². The third-order valence-electron chi connectivity index (χ3n) is 1.57. The SMILES string of the molecule is CC(C)(C)C(=O)O[IH]c1ccccc1. The van der Waals surface area contributed by atoms with Crippen molar-refractivity contribution < 1.29 is 7.86 Å². The molecule has 1 aromatic carbocycles. The Labute approximate surface area is 95.5 Å². The molecule has 0 atom stereocenters. The van der Waals surface area contributed by atoms with Crippen LogP contribution in [0, 0.1) is 8.99 Å². The second-order valence-corrected chi connectivity index (χ2v) is 6.31. The number of hydrogen-bond donors (Lipinski definition) is 0. The van der Waals surface area contributed by atoms with Crippen LogP contribution in [0.3, 0.4) is 0 Å². The molecule has 0 fully saturated rings. The molecular formula is C11H15IO2. The fourth-order valence-electron chi connectivity index (χ4n) is 0.687. The maximum absolute atomic E-state index is 11.4. The van der Waals surface area contributed by atoms with E-state index in [1.807, 2.05) is 51.1 Å². The second-order valence-electron chi connectivity index (χ2n) is 4.02. The van der Waals surface area contributed by atoms with Crippen LogP contribution in [0.15, 0.2) is 30.3 Å². The topological polar surface area (TPSA) is 26.3 Å². The van der Waals surface area contributed by atoms with E-state index in [9.17, 15) is 4.79 Å². The van der Waals surface area contributed by atoms with Crippen molar-refractivity contribution in [1.82, 2.24) is 0 Å². The number of halogens is 1. The molecule has 78 valence electrons. The fraction of sp³-hybridized carbons (Fsp3) is 0.364. The Hall–Kier alpha value is -0.580. The molecule has 0 aliphatic rings. The second kappa shape index (κ2) is 4.77. The summed E-state index contributed by atoms with van der Waals surface area (Å²) < 4.78 is 6.43. The number of carbonyl (C=O) groups excluding carboxylic acids is 1. The first kappa shape index (κ1) is 11.5. The zero-order valence-electron chi connectivity index (χ0n) is 8.61. The maximum atomic E-state index is 11.4. The van der Waals surface area contributed by atoms with Crippen molar-refractivity contribution in [2.24, 2.45) is 5.41 Å². The Bertz CT molecular complexity index is 301. The normalized spacial score (nSPS) is 11.4. The van der Waals surface area contributed by atoms with Crippen molar-refractivity contribution in [3.05, 3.63) is 33.9 Å². The van der Waals surface area contributed by atoms with Gasteiger partial charge in [0, 0.05) is 0 Å². The molecule has 0 aliphatic carbocycles. The van der Waals surface area contributed by atoms with E-state index in [2.05, 4.69) is 0 Å². The summed E-state index contributed by atoms with van der Waals surface area (Å²) in [6.07, 6.45) is 0. The summed E-state index contributed by atoms with van der Waals surface area (Å²) in [5, 5.41) is 0. The molecule has 0 aromatic heterocycles. The number of hydrogen-bond acceptors (Lipinski definition) is 2. The molecule has 0 radical (unpaired) electrons. The van der Waals surface area contributed by atoms with Gasteiger partial charge in [-0.2, -0.15) is 0 Å². The molecule has 0 amide bonds. The van der Waals surface area contributed by atoms with Gasteiger partial charge in [-0.1, -0.05) is 0 Å². The van der Waals surface area contributed by atoms with E-state index < -0.39 is 21.6 Å². The van der Waals surface area contributed by atoms with Gasteiger partial charge >= 0.3 is 95.5 Å². The Balaban J connectivity index is 2.46. The number of rotatable bonds is 2. The molecule has 3 heteroatoms. The summed E-state index contributed by atoms with van der Waals surface area (Å²) in [5.41, 5.74) is -0.389. The number of carbonyl (C=O) groups is 1. The van der Waals surface area contributed by atoms with Crippen molar-refractivity contribution in [3.8, 4) is 0 Å². The van der Waals surface area contributed by atoms with Crippen LogP contribution in [0.5, 0.6) is 0 Å². The molecule has 0 N–H and O–H groups in total. The molecular weight excluding hydrogens is 291 g/mol. The van der Waals surface area contributed by atoms with Crippen LogP contribution in [0.4, 0.5) is 0 Å². The first-order valence-electron chi connectivity index (χ1n) is 4.44. The Morgan fingerprint density at radius 1 is 1.21 bits per heavy atom. The fourth-order valence-corrected chi connectivity index (χ4v) is 2.66.